The van der Waals surface area contributed by atoms with Crippen LogP contribution < -0.4 is 5.32 Å². The van der Waals surface area contributed by atoms with E-state index in [0.717, 1.165) is 103 Å². The van der Waals surface area contributed by atoms with Crippen molar-refractivity contribution in [3.63, 3.8) is 0 Å². The Morgan fingerprint density at radius 3 is 1.10 bits per heavy atom. The van der Waals surface area contributed by atoms with Crippen molar-refractivity contribution >= 4 is 19.7 Å². The lowest BCUT2D eigenvalue weighted by Gasteiger charge is -2.27. The molecule has 2 N–H and O–H groups in total. The normalized spacial score (nSPS) is 13.9. The first-order valence-electron chi connectivity index (χ1n) is 37.3. The SMILES string of the molecule is CC/C=C\C/C=C\C/C=C\C/C=C\C/C=C\CCCCCCCCCC(=O)OC(/C=C/CCCCCCCCCCC)C(COP(=O)(O)OCC[N+](C)(C)C)NC(=O)CCCCCCCCCCCCCCCCCCCCCCCCCCCCC. The first-order valence-corrected chi connectivity index (χ1v) is 38.8. The van der Waals surface area contributed by atoms with Gasteiger partial charge in [-0.2, -0.15) is 0 Å². The van der Waals surface area contributed by atoms with Gasteiger partial charge in [-0.15, -0.1) is 0 Å². The van der Waals surface area contributed by atoms with Gasteiger partial charge in [0.2, 0.25) is 5.91 Å². The number of allylic oxidation sites excluding steroid dienone is 11. The molecule has 508 valence electrons. The van der Waals surface area contributed by atoms with Gasteiger partial charge in [0.15, 0.2) is 0 Å². The number of hydrogen-bond acceptors (Lipinski definition) is 6. The maximum Gasteiger partial charge on any atom is 0.472 e. The lowest BCUT2D eigenvalue weighted by molar-refractivity contribution is -0.870. The maximum absolute atomic E-state index is 13.6. The van der Waals surface area contributed by atoms with Gasteiger partial charge in [-0.25, -0.2) is 4.57 Å². The zero-order valence-electron chi connectivity index (χ0n) is 58.3. The highest BCUT2D eigenvalue weighted by Gasteiger charge is 2.30. The number of unbranched alkanes of at least 4 members (excludes halogenated alkanes) is 42. The number of phosphoric acid groups is 1. The summed E-state index contributed by atoms with van der Waals surface area (Å²) < 4.78 is 30.8. The van der Waals surface area contributed by atoms with Crippen molar-refractivity contribution in [1.29, 1.82) is 0 Å². The van der Waals surface area contributed by atoms with Crippen LogP contribution in [0.5, 0.6) is 0 Å². The zero-order chi connectivity index (χ0) is 63.5. The summed E-state index contributed by atoms with van der Waals surface area (Å²) in [6.07, 6.45) is 87.9. The summed E-state index contributed by atoms with van der Waals surface area (Å²) in [6.45, 7) is 6.93. The molecular formula is C77H144N2O7P+. The van der Waals surface area contributed by atoms with Crippen molar-refractivity contribution < 1.29 is 37.3 Å². The fourth-order valence-electron chi connectivity index (χ4n) is 11.0. The Bertz CT molecular complexity index is 1720. The van der Waals surface area contributed by atoms with Crippen LogP contribution in [0.25, 0.3) is 0 Å². The number of carbonyl (C=O) groups excluding carboxylic acids is 2. The number of rotatable bonds is 68. The van der Waals surface area contributed by atoms with Gasteiger partial charge < -0.3 is 19.4 Å². The first-order chi connectivity index (χ1) is 42.4. The number of ether oxygens (including phenoxy) is 1. The van der Waals surface area contributed by atoms with Crippen molar-refractivity contribution in [3.8, 4) is 0 Å². The van der Waals surface area contributed by atoms with E-state index < -0.39 is 20.0 Å². The second-order valence-corrected chi connectivity index (χ2v) is 27.9. The molecule has 0 saturated heterocycles. The summed E-state index contributed by atoms with van der Waals surface area (Å²) in [5.41, 5.74) is 0. The Balaban J connectivity index is 4.95. The molecule has 3 unspecified atom stereocenters. The average Bonchev–Trinajstić information content (AvgIpc) is 3.70. The van der Waals surface area contributed by atoms with Gasteiger partial charge in [-0.3, -0.25) is 18.6 Å². The van der Waals surface area contributed by atoms with E-state index in [0.29, 0.717) is 17.4 Å². The van der Waals surface area contributed by atoms with Crippen molar-refractivity contribution in [2.24, 2.45) is 0 Å². The van der Waals surface area contributed by atoms with Crippen LogP contribution in [-0.2, 0) is 27.9 Å². The van der Waals surface area contributed by atoms with E-state index >= 15 is 0 Å². The predicted octanol–water partition coefficient (Wildman–Crippen LogP) is 23.9. The number of quaternary nitrogens is 1. The Labute approximate surface area is 540 Å². The number of nitrogens with one attached hydrogen (secondary N) is 1. The summed E-state index contributed by atoms with van der Waals surface area (Å²) in [5, 5.41) is 3.07. The second kappa shape index (κ2) is 66.4. The molecule has 0 aromatic rings. The van der Waals surface area contributed by atoms with Gasteiger partial charge in [0, 0.05) is 12.8 Å². The molecule has 87 heavy (non-hydrogen) atoms. The van der Waals surface area contributed by atoms with Crippen LogP contribution in [0.4, 0.5) is 0 Å². The fourth-order valence-corrected chi connectivity index (χ4v) is 11.7. The van der Waals surface area contributed by atoms with Crippen molar-refractivity contribution in [1.82, 2.24) is 5.32 Å². The topological polar surface area (TPSA) is 111 Å². The molecule has 0 heterocycles. The molecule has 0 aliphatic carbocycles. The monoisotopic (exact) mass is 1240 g/mol. The van der Waals surface area contributed by atoms with Gasteiger partial charge in [-0.05, 0) is 76.7 Å². The van der Waals surface area contributed by atoms with Crippen LogP contribution in [-0.4, -0.2) is 74.3 Å². The Hall–Kier alpha value is -2.55. The van der Waals surface area contributed by atoms with Crippen molar-refractivity contribution in [3.05, 3.63) is 72.9 Å². The van der Waals surface area contributed by atoms with E-state index in [1.54, 1.807) is 0 Å². The number of hydrogen-bond donors (Lipinski definition) is 2. The Morgan fingerprint density at radius 2 is 0.736 bits per heavy atom. The largest absolute Gasteiger partial charge is 0.472 e. The standard InChI is InChI=1S/C77H143N2O7P/c1-7-10-13-16-19-22-25-27-29-31-33-35-37-38-39-40-42-43-45-47-49-51-54-57-60-63-66-69-76(80)78-74(73-85-87(82,83)84-72-71-79(4,5)6)75(68-65-62-59-56-53-24-21-18-15-12-9-3)86-77(81)70-67-64-61-58-55-52-50-48-46-44-41-36-34-32-30-28-26-23-20-17-14-11-8-2/h11,14,20,23,28,30,34,36,44,46,65,68,74-75H,7-10,12-13,15-19,21-22,24-27,29,31-33,35,37-43,45,47-64,66-67,69-73H2,1-6H3,(H-,78,80,82,83)/p+1/b14-11-,23-20-,30-28-,36-34-,46-44-,68-65+. The Kier molecular flexibility index (Phi) is 64.4. The van der Waals surface area contributed by atoms with Crippen LogP contribution in [0.2, 0.25) is 0 Å². The van der Waals surface area contributed by atoms with E-state index in [1.165, 1.54) is 218 Å². The zero-order valence-corrected chi connectivity index (χ0v) is 59.2. The van der Waals surface area contributed by atoms with Gasteiger partial charge in [0.05, 0.1) is 33.8 Å². The minimum absolute atomic E-state index is 0.0378. The molecule has 0 aromatic heterocycles. The minimum Gasteiger partial charge on any atom is -0.456 e. The molecule has 0 fully saturated rings. The van der Waals surface area contributed by atoms with E-state index in [4.69, 9.17) is 13.8 Å². The molecule has 0 saturated carbocycles. The highest BCUT2D eigenvalue weighted by Crippen LogP contribution is 2.43. The van der Waals surface area contributed by atoms with Gasteiger partial charge in [-0.1, -0.05) is 338 Å². The molecule has 0 aliphatic rings. The van der Waals surface area contributed by atoms with Crippen LogP contribution >= 0.6 is 7.82 Å². The van der Waals surface area contributed by atoms with Gasteiger partial charge in [0.1, 0.15) is 19.3 Å². The molecule has 1 amide bonds. The molecule has 0 aromatic carbocycles. The number of phosphoric ester groups is 1. The summed E-state index contributed by atoms with van der Waals surface area (Å²) in [4.78, 5) is 37.9. The number of carbonyl (C=O) groups is 2. The van der Waals surface area contributed by atoms with E-state index in [2.05, 4.69) is 86.8 Å². The molecule has 0 bridgehead atoms. The molecule has 0 radical (unpaired) electrons. The number of esters is 1. The number of nitrogens with zero attached hydrogens (tertiary/aromatic N) is 1. The highest BCUT2D eigenvalue weighted by atomic mass is 31.2. The first kappa shape index (κ1) is 84.5. The molecule has 10 heteroatoms. The van der Waals surface area contributed by atoms with Crippen molar-refractivity contribution in [2.45, 2.75) is 367 Å². The predicted molar refractivity (Wildman–Crippen MR) is 378 cm³/mol. The second-order valence-electron chi connectivity index (χ2n) is 26.4. The van der Waals surface area contributed by atoms with Crippen LogP contribution in [0.15, 0.2) is 72.9 Å². The molecule has 0 aliphatic heterocycles. The molecule has 3 atom stereocenters. The van der Waals surface area contributed by atoms with E-state index in [1.807, 2.05) is 33.3 Å². The molecule has 0 rings (SSSR count). The number of likely N-dealkylation sites (N-methyl/N-ethyl adjacent to an activating group) is 1. The third-order valence-electron chi connectivity index (χ3n) is 16.7. The summed E-state index contributed by atoms with van der Waals surface area (Å²) in [5.74, 6) is -0.505. The highest BCUT2D eigenvalue weighted by molar-refractivity contribution is 7.47. The minimum atomic E-state index is -4.46. The average molecular weight is 1240 g/mol. The molecular weight excluding hydrogens is 1100 g/mol. The molecule has 9 nitrogen and oxygen atoms in total. The van der Waals surface area contributed by atoms with Gasteiger partial charge >= 0.3 is 13.8 Å². The van der Waals surface area contributed by atoms with E-state index in [-0.39, 0.29) is 31.5 Å². The summed E-state index contributed by atoms with van der Waals surface area (Å²) in [7, 11) is 1.50. The fraction of sp³-hybridized carbons (Fsp3) is 0.818. The van der Waals surface area contributed by atoms with Crippen LogP contribution in [0.1, 0.15) is 355 Å². The lowest BCUT2D eigenvalue weighted by atomic mass is 10.0. The smallest absolute Gasteiger partial charge is 0.456 e. The molecule has 0 spiro atoms. The van der Waals surface area contributed by atoms with Crippen LogP contribution in [0, 0.1) is 0 Å². The lowest BCUT2D eigenvalue weighted by Crippen LogP contribution is -2.47. The van der Waals surface area contributed by atoms with E-state index in [9.17, 15) is 19.0 Å². The third kappa shape index (κ3) is 67.7. The summed E-state index contributed by atoms with van der Waals surface area (Å²) >= 11 is 0. The van der Waals surface area contributed by atoms with Crippen molar-refractivity contribution in [2.75, 3.05) is 40.9 Å². The maximum atomic E-state index is 13.6. The Morgan fingerprint density at radius 1 is 0.414 bits per heavy atom. The summed E-state index contributed by atoms with van der Waals surface area (Å²) in [6, 6.07) is -0.855. The third-order valence-corrected chi connectivity index (χ3v) is 17.6. The van der Waals surface area contributed by atoms with Gasteiger partial charge in [0.25, 0.3) is 0 Å². The van der Waals surface area contributed by atoms with Crippen LogP contribution in [0.3, 0.4) is 0 Å². The number of amides is 1. The quantitative estimate of drug-likeness (QED) is 0.0205.